The number of hydrogen-bond donors (Lipinski definition) is 1. The number of phenols is 1. The summed E-state index contributed by atoms with van der Waals surface area (Å²) in [5, 5.41) is 20.2. The van der Waals surface area contributed by atoms with Crippen LogP contribution in [0.1, 0.15) is 76.1 Å². The number of aryl methyl sites for hydroxylation is 1. The van der Waals surface area contributed by atoms with E-state index >= 15 is 0 Å². The monoisotopic (exact) mass is 441 g/mol. The molecule has 0 radical (unpaired) electrons. The van der Waals surface area contributed by atoms with Gasteiger partial charge in [0.2, 0.25) is 0 Å². The topological polar surface area (TPSA) is 50.9 Å². The highest BCUT2D eigenvalue weighted by Gasteiger charge is 2.31. The van der Waals surface area contributed by atoms with Crippen molar-refractivity contribution in [2.75, 3.05) is 0 Å². The molecule has 1 atom stereocenters. The summed E-state index contributed by atoms with van der Waals surface area (Å²) in [7, 11) is 0. The Morgan fingerprint density at radius 1 is 0.848 bits per heavy atom. The van der Waals surface area contributed by atoms with Gasteiger partial charge in [0.1, 0.15) is 16.8 Å². The Balaban J connectivity index is 1.88. The third-order valence-corrected chi connectivity index (χ3v) is 6.46. The molecular formula is C29H35N3O. The average Bonchev–Trinajstić information content (AvgIpc) is 3.17. The van der Waals surface area contributed by atoms with Gasteiger partial charge in [0.05, 0.1) is 5.69 Å². The zero-order valence-corrected chi connectivity index (χ0v) is 20.8. The molecule has 33 heavy (non-hydrogen) atoms. The van der Waals surface area contributed by atoms with E-state index in [0.717, 1.165) is 34.3 Å². The van der Waals surface area contributed by atoms with E-state index in [1.165, 1.54) is 11.1 Å². The number of rotatable bonds is 5. The summed E-state index contributed by atoms with van der Waals surface area (Å²) in [5.41, 5.74) is 7.17. The maximum Gasteiger partial charge on any atom is 0.122 e. The van der Waals surface area contributed by atoms with Crippen molar-refractivity contribution in [1.82, 2.24) is 15.0 Å². The van der Waals surface area contributed by atoms with E-state index < -0.39 is 0 Å². The molecule has 0 fully saturated rings. The minimum atomic E-state index is -0.0795. The summed E-state index contributed by atoms with van der Waals surface area (Å²) in [4.78, 5) is 1.74. The third-order valence-electron chi connectivity index (χ3n) is 6.46. The Morgan fingerprint density at radius 2 is 1.48 bits per heavy atom. The molecule has 3 aromatic carbocycles. The highest BCUT2D eigenvalue weighted by molar-refractivity contribution is 5.73. The molecule has 0 aliphatic heterocycles. The quantitative estimate of drug-likeness (QED) is 0.353. The predicted molar refractivity (Wildman–Crippen MR) is 136 cm³/mol. The lowest BCUT2D eigenvalue weighted by Crippen LogP contribution is -2.27. The van der Waals surface area contributed by atoms with E-state index in [4.69, 9.17) is 10.2 Å². The first-order valence-electron chi connectivity index (χ1n) is 11.7. The maximum absolute atomic E-state index is 10.8. The van der Waals surface area contributed by atoms with Crippen LogP contribution in [-0.2, 0) is 5.41 Å². The van der Waals surface area contributed by atoms with Gasteiger partial charge < -0.3 is 5.11 Å². The second-order valence-electron chi connectivity index (χ2n) is 11.1. The number of nitrogens with zero attached hydrogens (tertiary/aromatic N) is 3. The van der Waals surface area contributed by atoms with Gasteiger partial charge in [0, 0.05) is 11.5 Å². The van der Waals surface area contributed by atoms with Crippen LogP contribution in [-0.4, -0.2) is 20.1 Å². The molecule has 4 rings (SSSR count). The van der Waals surface area contributed by atoms with Gasteiger partial charge in [-0.25, -0.2) is 0 Å². The molecule has 0 spiro atoms. The van der Waals surface area contributed by atoms with Crippen LogP contribution in [0.4, 0.5) is 0 Å². The second-order valence-corrected chi connectivity index (χ2v) is 11.1. The van der Waals surface area contributed by atoms with Crippen molar-refractivity contribution in [3.63, 3.8) is 0 Å². The van der Waals surface area contributed by atoms with Crippen LogP contribution in [0.2, 0.25) is 0 Å². The van der Waals surface area contributed by atoms with Crippen molar-refractivity contribution in [2.24, 2.45) is 5.41 Å². The van der Waals surface area contributed by atoms with Crippen LogP contribution < -0.4 is 0 Å². The minimum Gasteiger partial charge on any atom is -0.507 e. The van der Waals surface area contributed by atoms with Gasteiger partial charge in [-0.3, -0.25) is 0 Å². The minimum absolute atomic E-state index is 0.0536. The van der Waals surface area contributed by atoms with Gasteiger partial charge >= 0.3 is 0 Å². The first kappa shape index (κ1) is 23.0. The Morgan fingerprint density at radius 3 is 2.09 bits per heavy atom. The van der Waals surface area contributed by atoms with Gasteiger partial charge in [-0.05, 0) is 65.1 Å². The molecule has 4 aromatic rings. The number of hydrogen-bond acceptors (Lipinski definition) is 3. The summed E-state index contributed by atoms with van der Waals surface area (Å²) in [6.07, 6.45) is 1.03. The summed E-state index contributed by atoms with van der Waals surface area (Å²) < 4.78 is 0. The molecule has 4 heteroatoms. The van der Waals surface area contributed by atoms with Crippen molar-refractivity contribution in [3.8, 4) is 11.4 Å². The number of aromatic hydroxyl groups is 1. The molecule has 1 heterocycles. The molecular weight excluding hydrogens is 406 g/mol. The summed E-state index contributed by atoms with van der Waals surface area (Å²) in [5.74, 6) is 0.437. The molecule has 1 N–H and O–H groups in total. The third kappa shape index (κ3) is 4.66. The normalized spacial score (nSPS) is 13.4. The lowest BCUT2D eigenvalue weighted by molar-refractivity contribution is 0.282. The van der Waals surface area contributed by atoms with Gasteiger partial charge in [0.15, 0.2) is 0 Å². The molecule has 1 aromatic heterocycles. The summed E-state index contributed by atoms with van der Waals surface area (Å²) in [6.45, 7) is 15.6. The fourth-order valence-corrected chi connectivity index (χ4v) is 5.23. The molecule has 1 unspecified atom stereocenters. The lowest BCUT2D eigenvalue weighted by Gasteiger charge is -2.36. The average molecular weight is 442 g/mol. The Kier molecular flexibility index (Phi) is 5.81. The standard InChI is InChI=1S/C29H35N3O/c1-19-11-10-12-23(27(19)33)20(2)22-16-15-21(17-24(22)29(6,7)18-28(3,4)5)32-30-25-13-8-9-14-26(25)31-32/h8-17,20,33H,18H2,1-7H3. The van der Waals surface area contributed by atoms with Crippen LogP contribution in [0.25, 0.3) is 16.7 Å². The van der Waals surface area contributed by atoms with Crippen molar-refractivity contribution < 1.29 is 5.11 Å². The Hall–Kier alpha value is -3.14. The molecule has 0 saturated heterocycles. The van der Waals surface area contributed by atoms with Crippen LogP contribution in [0, 0.1) is 12.3 Å². The van der Waals surface area contributed by atoms with Crippen molar-refractivity contribution >= 4 is 11.0 Å². The Labute approximate surface area is 197 Å². The number of para-hydroxylation sites is 1. The predicted octanol–water partition coefficient (Wildman–Crippen LogP) is 7.30. The summed E-state index contributed by atoms with van der Waals surface area (Å²) >= 11 is 0. The van der Waals surface area contributed by atoms with Gasteiger partial charge in [-0.2, -0.15) is 4.80 Å². The molecule has 4 nitrogen and oxygen atoms in total. The number of aromatic nitrogens is 3. The second kappa shape index (κ2) is 8.33. The van der Waals surface area contributed by atoms with Gasteiger partial charge in [-0.1, -0.05) is 77.9 Å². The number of benzene rings is 3. The fourth-order valence-electron chi connectivity index (χ4n) is 5.23. The molecule has 0 aliphatic carbocycles. The van der Waals surface area contributed by atoms with E-state index in [-0.39, 0.29) is 16.7 Å². The van der Waals surface area contributed by atoms with E-state index in [2.05, 4.69) is 59.7 Å². The Bertz CT molecular complexity index is 1260. The number of fused-ring (bicyclic) bond motifs is 1. The van der Waals surface area contributed by atoms with Gasteiger partial charge in [-0.15, -0.1) is 10.2 Å². The number of phenolic OH excluding ortho intramolecular Hbond substituents is 1. The first-order valence-corrected chi connectivity index (χ1v) is 11.7. The molecule has 0 bridgehead atoms. The van der Waals surface area contributed by atoms with Crippen molar-refractivity contribution in [2.45, 2.75) is 66.2 Å². The van der Waals surface area contributed by atoms with Crippen molar-refractivity contribution in [3.05, 3.63) is 82.9 Å². The molecule has 172 valence electrons. The van der Waals surface area contributed by atoms with Crippen molar-refractivity contribution in [1.29, 1.82) is 0 Å². The lowest BCUT2D eigenvalue weighted by atomic mass is 9.69. The molecule has 0 amide bonds. The SMILES string of the molecule is Cc1cccc(C(C)c2ccc(-n3nc4ccccc4n3)cc2C(C)(C)CC(C)(C)C)c1O. The van der Waals surface area contributed by atoms with E-state index in [1.54, 1.807) is 4.80 Å². The zero-order chi connectivity index (χ0) is 24.0. The van der Waals surface area contributed by atoms with E-state index in [1.807, 2.05) is 49.4 Å². The molecule has 0 saturated carbocycles. The largest absolute Gasteiger partial charge is 0.507 e. The van der Waals surface area contributed by atoms with Crippen LogP contribution in [0.15, 0.2) is 60.7 Å². The van der Waals surface area contributed by atoms with Crippen LogP contribution >= 0.6 is 0 Å². The smallest absolute Gasteiger partial charge is 0.122 e. The van der Waals surface area contributed by atoms with Crippen LogP contribution in [0.5, 0.6) is 5.75 Å². The van der Waals surface area contributed by atoms with E-state index in [0.29, 0.717) is 5.75 Å². The highest BCUT2D eigenvalue weighted by Crippen LogP contribution is 2.43. The van der Waals surface area contributed by atoms with E-state index in [9.17, 15) is 5.11 Å². The van der Waals surface area contributed by atoms with Crippen LogP contribution in [0.3, 0.4) is 0 Å². The highest BCUT2D eigenvalue weighted by atomic mass is 16.3. The summed E-state index contributed by atoms with van der Waals surface area (Å²) in [6, 6.07) is 20.5. The fraction of sp³-hybridized carbons (Fsp3) is 0.379. The molecule has 0 aliphatic rings. The maximum atomic E-state index is 10.8. The first-order chi connectivity index (χ1) is 15.5. The zero-order valence-electron chi connectivity index (χ0n) is 20.8. The van der Waals surface area contributed by atoms with Gasteiger partial charge in [0.25, 0.3) is 0 Å².